The van der Waals surface area contributed by atoms with Gasteiger partial charge in [0.05, 0.1) is 24.2 Å². The van der Waals surface area contributed by atoms with Gasteiger partial charge >= 0.3 is 0 Å². The number of nitrogens with two attached hydrogens (primary N) is 1. The van der Waals surface area contributed by atoms with Gasteiger partial charge in [-0.05, 0) is 38.7 Å². The van der Waals surface area contributed by atoms with Gasteiger partial charge in [-0.1, -0.05) is 6.07 Å². The Morgan fingerprint density at radius 3 is 2.68 bits per heavy atom. The molecule has 0 aromatic carbocycles. The van der Waals surface area contributed by atoms with Crippen molar-refractivity contribution in [3.8, 4) is 5.69 Å². The number of hydrogen-bond acceptors (Lipinski definition) is 6. The van der Waals surface area contributed by atoms with Crippen LogP contribution in [0.15, 0.2) is 58.6 Å². The van der Waals surface area contributed by atoms with E-state index in [2.05, 4.69) is 20.7 Å². The first-order valence-corrected chi connectivity index (χ1v) is 10.3. The number of aliphatic imine (C=N–C) groups is 1. The largest absolute Gasteiger partial charge is 0.402 e. The van der Waals surface area contributed by atoms with Crippen LogP contribution in [-0.4, -0.2) is 44.3 Å². The predicted molar refractivity (Wildman–Crippen MR) is 116 cm³/mol. The second-order valence-corrected chi connectivity index (χ2v) is 7.61. The highest BCUT2D eigenvalue weighted by atomic mass is 19.1. The maximum Gasteiger partial charge on any atom is 0.255 e. The molecule has 4 N–H and O–H groups in total. The van der Waals surface area contributed by atoms with Crippen molar-refractivity contribution in [1.29, 1.82) is 0 Å². The van der Waals surface area contributed by atoms with Crippen LogP contribution in [0.4, 0.5) is 4.39 Å². The molecule has 1 aliphatic rings. The van der Waals surface area contributed by atoms with Gasteiger partial charge in [-0.3, -0.25) is 19.5 Å². The second-order valence-electron chi connectivity index (χ2n) is 7.61. The van der Waals surface area contributed by atoms with Gasteiger partial charge in [-0.2, -0.15) is 5.10 Å². The minimum Gasteiger partial charge on any atom is -0.402 e. The van der Waals surface area contributed by atoms with Crippen molar-refractivity contribution in [2.45, 2.75) is 57.8 Å². The molecule has 2 heterocycles. The fourth-order valence-corrected chi connectivity index (χ4v) is 3.75. The molecular weight excluding hydrogens is 401 g/mol. The highest BCUT2D eigenvalue weighted by molar-refractivity contribution is 5.97. The van der Waals surface area contributed by atoms with Gasteiger partial charge in [0.2, 0.25) is 5.91 Å². The van der Waals surface area contributed by atoms with Crippen LogP contribution in [0.25, 0.3) is 5.69 Å². The molecule has 1 aliphatic carbocycles. The Kier molecular flexibility index (Phi) is 7.35. The molecule has 166 valence electrons. The minimum absolute atomic E-state index is 0.0144. The van der Waals surface area contributed by atoms with E-state index >= 15 is 0 Å². The zero-order valence-corrected chi connectivity index (χ0v) is 17.7. The maximum absolute atomic E-state index is 14.5. The van der Waals surface area contributed by atoms with E-state index in [4.69, 9.17) is 5.73 Å². The van der Waals surface area contributed by atoms with Crippen molar-refractivity contribution in [2.24, 2.45) is 10.7 Å². The SMILES string of the molecule is CC(=O)NC1CCC(NC(C)/N=C(\C(F)=C/N)n2cc(-n3ccccc3=O)cn2)CC1. The zero-order chi connectivity index (χ0) is 22.4. The van der Waals surface area contributed by atoms with Crippen molar-refractivity contribution in [3.63, 3.8) is 0 Å². The molecule has 31 heavy (non-hydrogen) atoms. The molecule has 0 aliphatic heterocycles. The van der Waals surface area contributed by atoms with E-state index in [9.17, 15) is 14.0 Å². The van der Waals surface area contributed by atoms with Crippen molar-refractivity contribution in [3.05, 3.63) is 59.2 Å². The summed E-state index contributed by atoms with van der Waals surface area (Å²) >= 11 is 0. The lowest BCUT2D eigenvalue weighted by atomic mass is 9.91. The lowest BCUT2D eigenvalue weighted by molar-refractivity contribution is -0.119. The van der Waals surface area contributed by atoms with Crippen LogP contribution in [0.1, 0.15) is 39.5 Å². The summed E-state index contributed by atoms with van der Waals surface area (Å²) in [5, 5.41) is 10.5. The Morgan fingerprint density at radius 2 is 2.03 bits per heavy atom. The van der Waals surface area contributed by atoms with E-state index in [1.54, 1.807) is 18.3 Å². The Bertz CT molecular complexity index is 1020. The van der Waals surface area contributed by atoms with Crippen LogP contribution < -0.4 is 21.9 Å². The van der Waals surface area contributed by atoms with Crippen LogP contribution in [-0.2, 0) is 4.79 Å². The average molecular weight is 430 g/mol. The number of nitrogens with one attached hydrogen (secondary N) is 2. The molecule has 0 saturated heterocycles. The number of allylic oxidation sites excluding steroid dienone is 1. The van der Waals surface area contributed by atoms with E-state index in [0.29, 0.717) is 5.69 Å². The Balaban J connectivity index is 1.72. The number of amides is 1. The number of nitrogens with zero attached hydrogens (tertiary/aromatic N) is 4. The van der Waals surface area contributed by atoms with Gasteiger partial charge in [-0.25, -0.2) is 14.1 Å². The van der Waals surface area contributed by atoms with Gasteiger partial charge in [0, 0.05) is 37.5 Å². The molecular formula is C21H28FN7O2. The molecule has 1 atom stereocenters. The van der Waals surface area contributed by atoms with E-state index < -0.39 is 12.0 Å². The van der Waals surface area contributed by atoms with Crippen molar-refractivity contribution >= 4 is 11.7 Å². The molecule has 0 spiro atoms. The molecule has 2 aromatic rings. The molecule has 2 aromatic heterocycles. The number of aromatic nitrogens is 3. The standard InChI is InChI=1S/C21H28FN7O2/c1-14(25-16-6-8-17(9-7-16)27-15(2)30)26-21(19(22)11-23)29-13-18(12-24-29)28-10-4-3-5-20(28)31/h3-5,10-14,16-17,25H,6-9,23H2,1-2H3,(H,27,30)/b19-11+,26-21+. The normalized spacial score (nSPS) is 21.0. The van der Waals surface area contributed by atoms with Crippen molar-refractivity contribution < 1.29 is 9.18 Å². The lowest BCUT2D eigenvalue weighted by Crippen LogP contribution is -2.44. The molecule has 0 bridgehead atoms. The first-order chi connectivity index (χ1) is 14.9. The van der Waals surface area contributed by atoms with Gasteiger partial charge in [-0.15, -0.1) is 0 Å². The monoisotopic (exact) mass is 429 g/mol. The summed E-state index contributed by atoms with van der Waals surface area (Å²) in [7, 11) is 0. The highest BCUT2D eigenvalue weighted by Gasteiger charge is 2.23. The molecule has 1 fully saturated rings. The molecule has 1 saturated carbocycles. The van der Waals surface area contributed by atoms with Gasteiger partial charge < -0.3 is 11.1 Å². The third kappa shape index (κ3) is 5.88. The Hall–Kier alpha value is -3.27. The zero-order valence-electron chi connectivity index (χ0n) is 17.7. The summed E-state index contributed by atoms with van der Waals surface area (Å²) in [4.78, 5) is 27.7. The van der Waals surface area contributed by atoms with E-state index in [1.807, 2.05) is 6.92 Å². The van der Waals surface area contributed by atoms with Gasteiger partial charge in [0.1, 0.15) is 0 Å². The molecule has 1 unspecified atom stereocenters. The summed E-state index contributed by atoms with van der Waals surface area (Å²) in [5.74, 6) is -0.790. The summed E-state index contributed by atoms with van der Waals surface area (Å²) < 4.78 is 17.2. The van der Waals surface area contributed by atoms with Gasteiger partial charge in [0.25, 0.3) is 5.56 Å². The fourth-order valence-electron chi connectivity index (χ4n) is 3.75. The summed E-state index contributed by atoms with van der Waals surface area (Å²) in [6.07, 6.45) is 8.57. The molecule has 9 nitrogen and oxygen atoms in total. The summed E-state index contributed by atoms with van der Waals surface area (Å²) in [5.41, 5.74) is 5.66. The molecule has 1 amide bonds. The number of carbonyl (C=O) groups is 1. The third-order valence-electron chi connectivity index (χ3n) is 5.17. The van der Waals surface area contributed by atoms with Crippen LogP contribution in [0, 0.1) is 0 Å². The van der Waals surface area contributed by atoms with Crippen LogP contribution in [0.2, 0.25) is 0 Å². The van der Waals surface area contributed by atoms with Crippen molar-refractivity contribution in [2.75, 3.05) is 0 Å². The first kappa shape index (κ1) is 22.4. The number of halogens is 1. The predicted octanol–water partition coefficient (Wildman–Crippen LogP) is 1.43. The highest BCUT2D eigenvalue weighted by Crippen LogP contribution is 2.19. The van der Waals surface area contributed by atoms with Crippen molar-refractivity contribution in [1.82, 2.24) is 25.0 Å². The van der Waals surface area contributed by atoms with Crippen LogP contribution in [0.5, 0.6) is 0 Å². The van der Waals surface area contributed by atoms with E-state index in [-0.39, 0.29) is 29.4 Å². The Morgan fingerprint density at radius 1 is 1.32 bits per heavy atom. The topological polar surface area (TPSA) is 119 Å². The lowest BCUT2D eigenvalue weighted by Gasteiger charge is -2.30. The second kappa shape index (κ2) is 10.2. The van der Waals surface area contributed by atoms with E-state index in [1.165, 1.54) is 34.6 Å². The van der Waals surface area contributed by atoms with Crippen LogP contribution in [0.3, 0.4) is 0 Å². The average Bonchev–Trinajstić information content (AvgIpc) is 3.22. The Labute approximate surface area is 179 Å². The molecule has 10 heteroatoms. The molecule has 0 radical (unpaired) electrons. The smallest absolute Gasteiger partial charge is 0.255 e. The maximum atomic E-state index is 14.5. The summed E-state index contributed by atoms with van der Waals surface area (Å²) in [6, 6.07) is 5.21. The van der Waals surface area contributed by atoms with E-state index in [0.717, 1.165) is 31.9 Å². The summed E-state index contributed by atoms with van der Waals surface area (Å²) in [6.45, 7) is 3.35. The number of pyridine rings is 1. The number of hydrogen-bond donors (Lipinski definition) is 3. The first-order valence-electron chi connectivity index (χ1n) is 10.3. The minimum atomic E-state index is -0.724. The third-order valence-corrected chi connectivity index (χ3v) is 5.17. The molecule has 3 rings (SSSR count). The van der Waals surface area contributed by atoms with Gasteiger partial charge in [0.15, 0.2) is 11.7 Å². The number of carbonyl (C=O) groups excluding carboxylic acids is 1. The quantitative estimate of drug-likeness (QED) is 0.474. The van der Waals surface area contributed by atoms with Crippen LogP contribution >= 0.6 is 0 Å². The number of rotatable bonds is 6. The fraction of sp³-hybridized carbons (Fsp3) is 0.429.